The zero-order valence-electron chi connectivity index (χ0n) is 15.8. The first-order valence-electron chi connectivity index (χ1n) is 8.93. The van der Waals surface area contributed by atoms with Crippen LogP contribution in [0.15, 0.2) is 30.3 Å². The minimum Gasteiger partial charge on any atom is -0.444 e. The van der Waals surface area contributed by atoms with Crippen LogP contribution in [0.5, 0.6) is 0 Å². The highest BCUT2D eigenvalue weighted by atomic mass is 32.1. The molecule has 2 heterocycles. The van der Waals surface area contributed by atoms with Crippen LogP contribution in [-0.4, -0.2) is 52.5 Å². The van der Waals surface area contributed by atoms with Gasteiger partial charge in [-0.05, 0) is 33.3 Å². The number of anilines is 1. The third-order valence-corrected chi connectivity index (χ3v) is 5.16. The molecule has 1 aliphatic rings. The van der Waals surface area contributed by atoms with E-state index in [1.165, 1.54) is 5.56 Å². The molecule has 1 aromatic heterocycles. The lowest BCUT2D eigenvalue weighted by atomic mass is 10.2. The largest absolute Gasteiger partial charge is 0.444 e. The Morgan fingerprint density at radius 1 is 1.23 bits per heavy atom. The number of rotatable bonds is 3. The van der Waals surface area contributed by atoms with E-state index in [9.17, 15) is 4.79 Å². The van der Waals surface area contributed by atoms with Crippen LogP contribution in [0.3, 0.4) is 0 Å². The van der Waals surface area contributed by atoms with Crippen molar-refractivity contribution in [1.82, 2.24) is 15.1 Å². The molecule has 1 fully saturated rings. The van der Waals surface area contributed by atoms with Crippen molar-refractivity contribution in [2.45, 2.75) is 45.8 Å². The quantitative estimate of drug-likeness (QED) is 0.822. The molecule has 0 unspecified atom stereocenters. The highest BCUT2D eigenvalue weighted by Crippen LogP contribution is 2.25. The van der Waals surface area contributed by atoms with Gasteiger partial charge >= 0.3 is 6.09 Å². The average Bonchev–Trinajstić information content (AvgIpc) is 3.02. The molecular weight excluding hydrogens is 348 g/mol. The van der Waals surface area contributed by atoms with Gasteiger partial charge in [-0.2, -0.15) is 0 Å². The maximum Gasteiger partial charge on any atom is 0.410 e. The first kappa shape index (κ1) is 18.6. The number of nitrogens with zero attached hydrogens (tertiary/aromatic N) is 4. The molecule has 0 radical (unpaired) electrons. The zero-order chi connectivity index (χ0) is 18.7. The normalized spacial score (nSPS) is 18.1. The Labute approximate surface area is 158 Å². The second-order valence-corrected chi connectivity index (χ2v) is 8.65. The lowest BCUT2D eigenvalue weighted by molar-refractivity contribution is 0.0159. The Morgan fingerprint density at radius 3 is 2.62 bits per heavy atom. The molecular formula is C19H26N4O2S. The summed E-state index contributed by atoms with van der Waals surface area (Å²) in [6.45, 7) is 9.82. The summed E-state index contributed by atoms with van der Waals surface area (Å²) in [6.07, 6.45) is 0.554. The van der Waals surface area contributed by atoms with Gasteiger partial charge in [-0.1, -0.05) is 41.7 Å². The van der Waals surface area contributed by atoms with Crippen molar-refractivity contribution in [2.75, 3.05) is 24.5 Å². The van der Waals surface area contributed by atoms with Gasteiger partial charge in [0.2, 0.25) is 5.13 Å². The highest BCUT2D eigenvalue weighted by Gasteiger charge is 2.31. The van der Waals surface area contributed by atoms with Gasteiger partial charge in [-0.25, -0.2) is 4.79 Å². The van der Waals surface area contributed by atoms with Crippen LogP contribution in [0.1, 0.15) is 38.3 Å². The maximum absolute atomic E-state index is 12.3. The standard InChI is InChI=1S/C19H26N4O2S/c1-14-13-22(10-11-23(14)18(24)25-19(2,3)4)17-21-20-16(26-17)12-15-8-6-5-7-9-15/h5-9,14H,10-13H2,1-4H3/t14-/m1/s1. The Hall–Kier alpha value is -2.15. The van der Waals surface area contributed by atoms with E-state index in [0.29, 0.717) is 6.54 Å². The van der Waals surface area contributed by atoms with E-state index in [4.69, 9.17) is 4.74 Å². The SMILES string of the molecule is C[C@@H]1CN(c2nnc(Cc3ccccc3)s2)CCN1C(=O)OC(C)(C)C. The molecule has 0 N–H and O–H groups in total. The van der Waals surface area contributed by atoms with Crippen LogP contribution < -0.4 is 4.90 Å². The lowest BCUT2D eigenvalue weighted by Crippen LogP contribution is -2.55. The van der Waals surface area contributed by atoms with Crippen molar-refractivity contribution in [3.63, 3.8) is 0 Å². The number of hydrogen-bond donors (Lipinski definition) is 0. The number of benzene rings is 1. The van der Waals surface area contributed by atoms with Gasteiger partial charge in [-0.3, -0.25) is 0 Å². The molecule has 2 aromatic rings. The van der Waals surface area contributed by atoms with Crippen LogP contribution in [0.2, 0.25) is 0 Å². The molecule has 6 nitrogen and oxygen atoms in total. The molecule has 0 spiro atoms. The molecule has 3 rings (SSSR count). The van der Waals surface area contributed by atoms with Gasteiger partial charge in [0.15, 0.2) is 0 Å². The fraction of sp³-hybridized carbons (Fsp3) is 0.526. The van der Waals surface area contributed by atoms with Gasteiger partial charge in [0, 0.05) is 32.1 Å². The Balaban J connectivity index is 1.60. The molecule has 0 saturated carbocycles. The minimum atomic E-state index is -0.473. The summed E-state index contributed by atoms with van der Waals surface area (Å²) < 4.78 is 5.50. The second kappa shape index (κ2) is 7.61. The number of carbonyl (C=O) groups excluding carboxylic acids is 1. The van der Waals surface area contributed by atoms with Crippen molar-refractivity contribution in [1.29, 1.82) is 0 Å². The second-order valence-electron chi connectivity index (χ2n) is 7.61. The van der Waals surface area contributed by atoms with E-state index in [1.54, 1.807) is 16.2 Å². The summed E-state index contributed by atoms with van der Waals surface area (Å²) in [5.74, 6) is 0. The number of aromatic nitrogens is 2. The monoisotopic (exact) mass is 374 g/mol. The van der Waals surface area contributed by atoms with E-state index in [1.807, 2.05) is 45.9 Å². The first-order valence-corrected chi connectivity index (χ1v) is 9.74. The lowest BCUT2D eigenvalue weighted by Gasteiger charge is -2.39. The van der Waals surface area contributed by atoms with Crippen molar-refractivity contribution in [3.8, 4) is 0 Å². The number of amides is 1. The number of piperazine rings is 1. The van der Waals surface area contributed by atoms with Gasteiger partial charge in [-0.15, -0.1) is 10.2 Å². The molecule has 0 bridgehead atoms. The van der Waals surface area contributed by atoms with Gasteiger partial charge in [0.1, 0.15) is 10.6 Å². The van der Waals surface area contributed by atoms with E-state index in [-0.39, 0.29) is 12.1 Å². The number of carbonyl (C=O) groups is 1. The van der Waals surface area contributed by atoms with E-state index in [0.717, 1.165) is 29.6 Å². The van der Waals surface area contributed by atoms with Crippen LogP contribution in [0.4, 0.5) is 9.93 Å². The molecule has 26 heavy (non-hydrogen) atoms. The first-order chi connectivity index (χ1) is 12.3. The molecule has 0 aliphatic carbocycles. The van der Waals surface area contributed by atoms with Crippen molar-refractivity contribution >= 4 is 22.6 Å². The Kier molecular flexibility index (Phi) is 5.46. The smallest absolute Gasteiger partial charge is 0.410 e. The molecule has 1 saturated heterocycles. The van der Waals surface area contributed by atoms with Gasteiger partial charge in [0.25, 0.3) is 0 Å². The van der Waals surface area contributed by atoms with Gasteiger partial charge in [0.05, 0.1) is 0 Å². The molecule has 1 aliphatic heterocycles. The van der Waals surface area contributed by atoms with E-state index < -0.39 is 5.60 Å². The maximum atomic E-state index is 12.3. The number of ether oxygens (including phenoxy) is 1. The fourth-order valence-corrected chi connectivity index (χ4v) is 3.85. The Morgan fingerprint density at radius 2 is 1.96 bits per heavy atom. The summed E-state index contributed by atoms with van der Waals surface area (Å²) in [7, 11) is 0. The summed E-state index contributed by atoms with van der Waals surface area (Å²) in [4.78, 5) is 16.3. The molecule has 140 valence electrons. The average molecular weight is 375 g/mol. The van der Waals surface area contributed by atoms with E-state index in [2.05, 4.69) is 27.2 Å². The van der Waals surface area contributed by atoms with Crippen LogP contribution in [0.25, 0.3) is 0 Å². The summed E-state index contributed by atoms with van der Waals surface area (Å²) >= 11 is 1.62. The van der Waals surface area contributed by atoms with Crippen molar-refractivity contribution in [3.05, 3.63) is 40.9 Å². The minimum absolute atomic E-state index is 0.0695. The van der Waals surface area contributed by atoms with Crippen molar-refractivity contribution in [2.24, 2.45) is 0 Å². The molecule has 1 atom stereocenters. The predicted molar refractivity (Wildman–Crippen MR) is 104 cm³/mol. The third-order valence-electron chi connectivity index (χ3n) is 4.18. The predicted octanol–water partition coefficient (Wildman–Crippen LogP) is 3.57. The topological polar surface area (TPSA) is 58.6 Å². The van der Waals surface area contributed by atoms with Crippen LogP contribution >= 0.6 is 11.3 Å². The zero-order valence-corrected chi connectivity index (χ0v) is 16.6. The summed E-state index contributed by atoms with van der Waals surface area (Å²) in [6, 6.07) is 10.4. The van der Waals surface area contributed by atoms with E-state index >= 15 is 0 Å². The molecule has 1 amide bonds. The molecule has 1 aromatic carbocycles. The van der Waals surface area contributed by atoms with Crippen LogP contribution in [-0.2, 0) is 11.2 Å². The summed E-state index contributed by atoms with van der Waals surface area (Å²) in [5, 5.41) is 10.6. The van der Waals surface area contributed by atoms with Gasteiger partial charge < -0.3 is 14.5 Å². The molecule has 7 heteroatoms. The fourth-order valence-electron chi connectivity index (χ4n) is 2.94. The number of hydrogen-bond acceptors (Lipinski definition) is 6. The van der Waals surface area contributed by atoms with Crippen LogP contribution in [0, 0.1) is 0 Å². The third kappa shape index (κ3) is 4.72. The highest BCUT2D eigenvalue weighted by molar-refractivity contribution is 7.15. The summed E-state index contributed by atoms with van der Waals surface area (Å²) in [5.41, 5.74) is 0.762. The Bertz CT molecular complexity index is 741. The van der Waals surface area contributed by atoms with Crippen molar-refractivity contribution < 1.29 is 9.53 Å².